The fraction of sp³-hybridized carbons (Fsp3) is 0.179. The highest BCUT2D eigenvalue weighted by Gasteiger charge is 2.36. The number of carbonyl (C=O) groups is 3. The number of halogens is 2. The first-order chi connectivity index (χ1) is 17.3. The van der Waals surface area contributed by atoms with Crippen LogP contribution >= 0.6 is 22.6 Å². The lowest BCUT2D eigenvalue weighted by atomic mass is 10.0. The molecule has 0 atom stereocenters. The number of aryl methyl sites for hydroxylation is 1. The summed E-state index contributed by atoms with van der Waals surface area (Å²) in [5, 5.41) is 2.25. The van der Waals surface area contributed by atoms with Crippen LogP contribution in [0.3, 0.4) is 0 Å². The molecule has 1 aliphatic rings. The number of ether oxygens (including phenoxy) is 1. The Bertz CT molecular complexity index is 1370. The molecular formula is C28H24FIN2O4. The van der Waals surface area contributed by atoms with E-state index in [1.54, 1.807) is 24.3 Å². The molecule has 1 heterocycles. The van der Waals surface area contributed by atoms with Gasteiger partial charge in [0.15, 0.2) is 0 Å². The van der Waals surface area contributed by atoms with Crippen molar-refractivity contribution in [3.63, 3.8) is 0 Å². The maximum atomic E-state index is 13.7. The van der Waals surface area contributed by atoms with E-state index in [1.165, 1.54) is 18.2 Å². The van der Waals surface area contributed by atoms with Crippen molar-refractivity contribution in [1.29, 1.82) is 0 Å². The van der Waals surface area contributed by atoms with E-state index >= 15 is 0 Å². The molecule has 0 unspecified atom stereocenters. The molecule has 3 aromatic rings. The number of amides is 4. The number of nitrogens with one attached hydrogen (secondary N) is 1. The Morgan fingerprint density at radius 3 is 2.42 bits per heavy atom. The second-order valence-electron chi connectivity index (χ2n) is 8.20. The molecule has 4 amide bonds. The second-order valence-corrected chi connectivity index (χ2v) is 9.36. The standard InChI is InChI=1S/C28H24FIN2O4/c1-3-17-8-10-21(11-9-17)32-27(34)23(26(33)31-28(32)35)14-19-15-24(30)22(25(16-19)36-4-2)13-18-6-5-7-20(29)12-18/h5-12,14-16H,3-4,13H2,1-2H3,(H,31,33,35)/b23-14+. The monoisotopic (exact) mass is 598 g/mol. The normalized spacial score (nSPS) is 14.8. The van der Waals surface area contributed by atoms with Gasteiger partial charge in [0.2, 0.25) is 0 Å². The van der Waals surface area contributed by atoms with Crippen molar-refractivity contribution < 1.29 is 23.5 Å². The van der Waals surface area contributed by atoms with Gasteiger partial charge in [-0.05, 0) is 95.1 Å². The van der Waals surface area contributed by atoms with Crippen LogP contribution in [0, 0.1) is 9.39 Å². The van der Waals surface area contributed by atoms with Crippen molar-refractivity contribution in [3.8, 4) is 5.75 Å². The fourth-order valence-corrected chi connectivity index (χ4v) is 4.78. The summed E-state index contributed by atoms with van der Waals surface area (Å²) in [5.41, 5.74) is 3.52. The Morgan fingerprint density at radius 1 is 1.00 bits per heavy atom. The number of anilines is 1. The number of urea groups is 1. The smallest absolute Gasteiger partial charge is 0.335 e. The van der Waals surface area contributed by atoms with Crippen molar-refractivity contribution in [2.45, 2.75) is 26.7 Å². The minimum atomic E-state index is -0.790. The molecule has 0 radical (unpaired) electrons. The maximum absolute atomic E-state index is 13.7. The Hall–Kier alpha value is -3.53. The average Bonchev–Trinajstić information content (AvgIpc) is 2.84. The molecule has 0 spiro atoms. The molecule has 36 heavy (non-hydrogen) atoms. The third-order valence-corrected chi connectivity index (χ3v) is 6.72. The zero-order valence-electron chi connectivity index (χ0n) is 19.8. The van der Waals surface area contributed by atoms with E-state index in [0.717, 1.165) is 31.6 Å². The molecule has 184 valence electrons. The van der Waals surface area contributed by atoms with Gasteiger partial charge in [-0.15, -0.1) is 0 Å². The highest BCUT2D eigenvalue weighted by Crippen LogP contribution is 2.31. The topological polar surface area (TPSA) is 75.7 Å². The van der Waals surface area contributed by atoms with Gasteiger partial charge in [0.1, 0.15) is 17.1 Å². The van der Waals surface area contributed by atoms with E-state index in [1.807, 2.05) is 38.1 Å². The summed E-state index contributed by atoms with van der Waals surface area (Å²) < 4.78 is 20.4. The van der Waals surface area contributed by atoms with Crippen molar-refractivity contribution in [3.05, 3.63) is 97.9 Å². The summed E-state index contributed by atoms with van der Waals surface area (Å²) in [5.74, 6) is -1.20. The number of benzene rings is 3. The van der Waals surface area contributed by atoms with E-state index in [0.29, 0.717) is 30.0 Å². The summed E-state index contributed by atoms with van der Waals surface area (Å²) >= 11 is 2.16. The van der Waals surface area contributed by atoms with Gasteiger partial charge >= 0.3 is 6.03 Å². The third-order valence-electron chi connectivity index (χ3n) is 5.76. The molecule has 0 bridgehead atoms. The molecule has 1 saturated heterocycles. The zero-order chi connectivity index (χ0) is 25.8. The molecule has 0 aromatic heterocycles. The number of barbiturate groups is 1. The van der Waals surface area contributed by atoms with E-state index in [2.05, 4.69) is 27.9 Å². The fourth-order valence-electron chi connectivity index (χ4n) is 3.96. The molecule has 0 saturated carbocycles. The van der Waals surface area contributed by atoms with E-state index in [4.69, 9.17) is 4.74 Å². The van der Waals surface area contributed by atoms with Gasteiger partial charge in [0, 0.05) is 15.6 Å². The van der Waals surface area contributed by atoms with Gasteiger partial charge in [-0.3, -0.25) is 14.9 Å². The van der Waals surface area contributed by atoms with Crippen LogP contribution in [-0.2, 0) is 22.4 Å². The first-order valence-corrected chi connectivity index (χ1v) is 12.6. The van der Waals surface area contributed by atoms with Crippen LogP contribution in [0.5, 0.6) is 5.75 Å². The Kier molecular flexibility index (Phi) is 7.83. The van der Waals surface area contributed by atoms with E-state index < -0.39 is 17.8 Å². The number of hydrogen-bond acceptors (Lipinski definition) is 4. The second kappa shape index (κ2) is 11.0. The predicted octanol–water partition coefficient (Wildman–Crippen LogP) is 5.65. The van der Waals surface area contributed by atoms with E-state index in [-0.39, 0.29) is 11.4 Å². The molecule has 1 fully saturated rings. The number of nitrogens with zero attached hydrogens (tertiary/aromatic N) is 1. The summed E-state index contributed by atoms with van der Waals surface area (Å²) in [6.45, 7) is 4.27. The summed E-state index contributed by atoms with van der Waals surface area (Å²) in [7, 11) is 0. The molecule has 0 aliphatic carbocycles. The maximum Gasteiger partial charge on any atom is 0.335 e. The van der Waals surface area contributed by atoms with Gasteiger partial charge in [0.05, 0.1) is 12.3 Å². The van der Waals surface area contributed by atoms with Crippen LogP contribution in [0.1, 0.15) is 36.1 Å². The van der Waals surface area contributed by atoms with Crippen molar-refractivity contribution in [2.24, 2.45) is 0 Å². The predicted molar refractivity (Wildman–Crippen MR) is 144 cm³/mol. The molecule has 1 aliphatic heterocycles. The van der Waals surface area contributed by atoms with E-state index in [9.17, 15) is 18.8 Å². The number of carbonyl (C=O) groups excluding carboxylic acids is 3. The minimum Gasteiger partial charge on any atom is -0.494 e. The van der Waals surface area contributed by atoms with Gasteiger partial charge in [0.25, 0.3) is 11.8 Å². The number of rotatable bonds is 7. The summed E-state index contributed by atoms with van der Waals surface area (Å²) in [6.07, 6.45) is 2.73. The van der Waals surface area contributed by atoms with Crippen LogP contribution in [0.15, 0.2) is 66.2 Å². The first kappa shape index (κ1) is 25.6. The molecule has 1 N–H and O–H groups in total. The van der Waals surface area contributed by atoms with Crippen LogP contribution in [0.2, 0.25) is 0 Å². The average molecular weight is 598 g/mol. The molecule has 6 nitrogen and oxygen atoms in total. The molecule has 8 heteroatoms. The third kappa shape index (κ3) is 5.48. The molecule has 3 aromatic carbocycles. The van der Waals surface area contributed by atoms with Gasteiger partial charge < -0.3 is 4.74 Å². The SMILES string of the molecule is CCOc1cc(/C=C2\C(=O)NC(=O)N(c3ccc(CC)cc3)C2=O)cc(I)c1Cc1cccc(F)c1. The minimum absolute atomic E-state index is 0.162. The zero-order valence-corrected chi connectivity index (χ0v) is 22.0. The quantitative estimate of drug-likeness (QED) is 0.217. The number of hydrogen-bond donors (Lipinski definition) is 1. The van der Waals surface area contributed by atoms with Crippen LogP contribution in [-0.4, -0.2) is 24.5 Å². The van der Waals surface area contributed by atoms with Crippen LogP contribution in [0.4, 0.5) is 14.9 Å². The first-order valence-electron chi connectivity index (χ1n) is 11.5. The highest BCUT2D eigenvalue weighted by molar-refractivity contribution is 14.1. The molecule has 4 rings (SSSR count). The Morgan fingerprint density at radius 2 is 1.75 bits per heavy atom. The lowest BCUT2D eigenvalue weighted by Crippen LogP contribution is -2.54. The van der Waals surface area contributed by atoms with Crippen molar-refractivity contribution in [1.82, 2.24) is 5.32 Å². The molecular weight excluding hydrogens is 574 g/mol. The highest BCUT2D eigenvalue weighted by atomic mass is 127. The number of imide groups is 2. The lowest BCUT2D eigenvalue weighted by Gasteiger charge is -2.26. The Balaban J connectivity index is 1.70. The van der Waals surface area contributed by atoms with Gasteiger partial charge in [-0.25, -0.2) is 14.1 Å². The Labute approximate surface area is 222 Å². The van der Waals surface area contributed by atoms with Crippen LogP contribution < -0.4 is 15.0 Å². The summed E-state index contributed by atoms with van der Waals surface area (Å²) in [4.78, 5) is 39.3. The largest absolute Gasteiger partial charge is 0.494 e. The van der Waals surface area contributed by atoms with Crippen molar-refractivity contribution >= 4 is 52.2 Å². The summed E-state index contributed by atoms with van der Waals surface area (Å²) in [6, 6.07) is 16.2. The lowest BCUT2D eigenvalue weighted by molar-refractivity contribution is -0.122. The van der Waals surface area contributed by atoms with Crippen molar-refractivity contribution in [2.75, 3.05) is 11.5 Å². The van der Waals surface area contributed by atoms with Gasteiger partial charge in [-0.1, -0.05) is 31.2 Å². The van der Waals surface area contributed by atoms with Gasteiger partial charge in [-0.2, -0.15) is 0 Å². The van der Waals surface area contributed by atoms with Crippen LogP contribution in [0.25, 0.3) is 6.08 Å².